The second-order valence-corrected chi connectivity index (χ2v) is 6.01. The molecule has 24 heavy (non-hydrogen) atoms. The molecule has 2 N–H and O–H groups in total. The van der Waals surface area contributed by atoms with Gasteiger partial charge in [-0.15, -0.1) is 0 Å². The molecular weight excluding hydrogens is 300 g/mol. The largest absolute Gasteiger partial charge is 0.464 e. The van der Waals surface area contributed by atoms with Crippen molar-refractivity contribution in [3.05, 3.63) is 48.4 Å². The third kappa shape index (κ3) is 2.42. The summed E-state index contributed by atoms with van der Waals surface area (Å²) in [4.78, 5) is 4.37. The molecule has 0 aliphatic carbocycles. The molecule has 0 amide bonds. The van der Waals surface area contributed by atoms with Crippen LogP contribution in [0, 0.1) is 0 Å². The first kappa shape index (κ1) is 14.8. The SMILES string of the molecule is CCC(CC)c1coc2cc(Nc3n[nH]c4cccnc34)ccc12. The van der Waals surface area contributed by atoms with Crippen molar-refractivity contribution in [2.75, 3.05) is 5.32 Å². The number of hydrogen-bond donors (Lipinski definition) is 2. The number of H-pyrrole nitrogens is 1. The first-order valence-electron chi connectivity index (χ1n) is 8.37. The van der Waals surface area contributed by atoms with Gasteiger partial charge < -0.3 is 9.73 Å². The maximum absolute atomic E-state index is 5.80. The quantitative estimate of drug-likeness (QED) is 0.520. The zero-order valence-corrected chi connectivity index (χ0v) is 13.8. The van der Waals surface area contributed by atoms with Gasteiger partial charge in [0.25, 0.3) is 0 Å². The average molecular weight is 320 g/mol. The van der Waals surface area contributed by atoms with E-state index >= 15 is 0 Å². The van der Waals surface area contributed by atoms with Gasteiger partial charge in [0, 0.05) is 28.9 Å². The van der Waals surface area contributed by atoms with Gasteiger partial charge in [0.1, 0.15) is 11.1 Å². The fourth-order valence-electron chi connectivity index (χ4n) is 3.25. The standard InChI is InChI=1S/C19H20N4O/c1-3-12(4-2)15-11-24-17-10-13(7-8-14(15)17)21-19-18-16(22-23-19)6-5-9-20-18/h5-12H,3-4H2,1-2H3,(H2,21,22,23). The second kappa shape index (κ2) is 6.00. The van der Waals surface area contributed by atoms with E-state index in [-0.39, 0.29) is 0 Å². The summed E-state index contributed by atoms with van der Waals surface area (Å²) in [7, 11) is 0. The Bertz CT molecular complexity index is 981. The van der Waals surface area contributed by atoms with Crippen LogP contribution in [0.5, 0.6) is 0 Å². The van der Waals surface area contributed by atoms with Gasteiger partial charge in [-0.05, 0) is 43.0 Å². The molecule has 0 saturated carbocycles. The molecule has 1 aromatic carbocycles. The summed E-state index contributed by atoms with van der Waals surface area (Å²) in [6, 6.07) is 10.0. The third-order valence-electron chi connectivity index (χ3n) is 4.61. The predicted octanol–water partition coefficient (Wildman–Crippen LogP) is 5.35. The van der Waals surface area contributed by atoms with Crippen molar-refractivity contribution in [3.8, 4) is 0 Å². The van der Waals surface area contributed by atoms with Crippen LogP contribution in [-0.4, -0.2) is 15.2 Å². The zero-order chi connectivity index (χ0) is 16.5. The van der Waals surface area contributed by atoms with Gasteiger partial charge in [-0.2, -0.15) is 5.10 Å². The van der Waals surface area contributed by atoms with E-state index in [1.54, 1.807) is 6.20 Å². The molecule has 0 bridgehead atoms. The predicted molar refractivity (Wildman–Crippen MR) is 96.7 cm³/mol. The number of aromatic nitrogens is 3. The van der Waals surface area contributed by atoms with Crippen LogP contribution in [0.2, 0.25) is 0 Å². The normalized spacial score (nSPS) is 11.6. The van der Waals surface area contributed by atoms with Crippen LogP contribution in [0.15, 0.2) is 47.2 Å². The van der Waals surface area contributed by atoms with Gasteiger partial charge in [0.05, 0.1) is 11.8 Å². The molecule has 5 nitrogen and oxygen atoms in total. The summed E-state index contributed by atoms with van der Waals surface area (Å²) in [5, 5.41) is 11.8. The third-order valence-corrected chi connectivity index (χ3v) is 4.61. The van der Waals surface area contributed by atoms with Gasteiger partial charge >= 0.3 is 0 Å². The van der Waals surface area contributed by atoms with Crippen molar-refractivity contribution >= 4 is 33.5 Å². The van der Waals surface area contributed by atoms with Crippen molar-refractivity contribution in [3.63, 3.8) is 0 Å². The van der Waals surface area contributed by atoms with Crippen LogP contribution >= 0.6 is 0 Å². The smallest absolute Gasteiger partial charge is 0.178 e. The van der Waals surface area contributed by atoms with Crippen LogP contribution in [0.1, 0.15) is 38.2 Å². The Morgan fingerprint density at radius 3 is 2.92 bits per heavy atom. The molecule has 0 saturated heterocycles. The topological polar surface area (TPSA) is 66.7 Å². The Morgan fingerprint density at radius 2 is 2.08 bits per heavy atom. The van der Waals surface area contributed by atoms with E-state index in [2.05, 4.69) is 46.5 Å². The van der Waals surface area contributed by atoms with Gasteiger partial charge in [0.15, 0.2) is 5.82 Å². The monoisotopic (exact) mass is 320 g/mol. The van der Waals surface area contributed by atoms with Gasteiger partial charge in [-0.25, -0.2) is 0 Å². The molecule has 0 atom stereocenters. The highest BCUT2D eigenvalue weighted by Crippen LogP contribution is 2.33. The first-order valence-corrected chi connectivity index (χ1v) is 8.37. The minimum atomic E-state index is 0.546. The lowest BCUT2D eigenvalue weighted by Gasteiger charge is -2.10. The number of nitrogens with one attached hydrogen (secondary N) is 2. The molecule has 0 aliphatic rings. The van der Waals surface area contributed by atoms with E-state index in [0.29, 0.717) is 5.92 Å². The number of furan rings is 1. The van der Waals surface area contributed by atoms with Crippen molar-refractivity contribution in [2.24, 2.45) is 0 Å². The Labute approximate surface area is 140 Å². The molecule has 3 aromatic heterocycles. The number of aromatic amines is 1. The summed E-state index contributed by atoms with van der Waals surface area (Å²) in [5.74, 6) is 1.27. The van der Waals surface area contributed by atoms with E-state index in [9.17, 15) is 0 Å². The van der Waals surface area contributed by atoms with Gasteiger partial charge in [0.2, 0.25) is 0 Å². The second-order valence-electron chi connectivity index (χ2n) is 6.01. The van der Waals surface area contributed by atoms with E-state index in [1.165, 1.54) is 10.9 Å². The maximum atomic E-state index is 5.80. The average Bonchev–Trinajstić information content (AvgIpc) is 3.21. The molecule has 0 radical (unpaired) electrons. The number of hydrogen-bond acceptors (Lipinski definition) is 4. The molecule has 0 fully saturated rings. The molecule has 0 spiro atoms. The van der Waals surface area contributed by atoms with Crippen molar-refractivity contribution in [1.29, 1.82) is 0 Å². The lowest BCUT2D eigenvalue weighted by Crippen LogP contribution is -1.94. The number of nitrogens with zero attached hydrogens (tertiary/aromatic N) is 2. The van der Waals surface area contributed by atoms with Crippen molar-refractivity contribution in [1.82, 2.24) is 15.2 Å². The van der Waals surface area contributed by atoms with E-state index in [1.807, 2.05) is 24.5 Å². The highest BCUT2D eigenvalue weighted by molar-refractivity contribution is 5.90. The van der Waals surface area contributed by atoms with E-state index in [0.717, 1.165) is 41.0 Å². The Morgan fingerprint density at radius 1 is 1.21 bits per heavy atom. The highest BCUT2D eigenvalue weighted by atomic mass is 16.3. The number of pyridine rings is 1. The molecule has 4 rings (SSSR count). The lowest BCUT2D eigenvalue weighted by atomic mass is 9.94. The molecule has 4 aromatic rings. The van der Waals surface area contributed by atoms with Crippen LogP contribution in [-0.2, 0) is 0 Å². The summed E-state index contributed by atoms with van der Waals surface area (Å²) < 4.78 is 5.80. The summed E-state index contributed by atoms with van der Waals surface area (Å²) >= 11 is 0. The molecule has 5 heteroatoms. The van der Waals surface area contributed by atoms with Crippen LogP contribution < -0.4 is 5.32 Å². The summed E-state index contributed by atoms with van der Waals surface area (Å²) in [6.45, 7) is 4.44. The fraction of sp³-hybridized carbons (Fsp3) is 0.263. The van der Waals surface area contributed by atoms with E-state index in [4.69, 9.17) is 4.42 Å². The minimum absolute atomic E-state index is 0.546. The number of fused-ring (bicyclic) bond motifs is 2. The molecule has 0 unspecified atom stereocenters. The Kier molecular flexibility index (Phi) is 3.69. The number of rotatable bonds is 5. The van der Waals surface area contributed by atoms with Gasteiger partial charge in [-0.1, -0.05) is 13.8 Å². The fourth-order valence-corrected chi connectivity index (χ4v) is 3.25. The van der Waals surface area contributed by atoms with Gasteiger partial charge in [-0.3, -0.25) is 10.1 Å². The van der Waals surface area contributed by atoms with Crippen molar-refractivity contribution < 1.29 is 4.42 Å². The Hall–Kier alpha value is -2.82. The molecular formula is C19H20N4O. The van der Waals surface area contributed by atoms with Crippen LogP contribution in [0.25, 0.3) is 22.0 Å². The number of anilines is 2. The number of benzene rings is 1. The molecule has 3 heterocycles. The first-order chi connectivity index (χ1) is 11.8. The highest BCUT2D eigenvalue weighted by Gasteiger charge is 2.15. The molecule has 0 aliphatic heterocycles. The van der Waals surface area contributed by atoms with Crippen molar-refractivity contribution in [2.45, 2.75) is 32.6 Å². The maximum Gasteiger partial charge on any atom is 0.178 e. The molecule has 122 valence electrons. The van der Waals surface area contributed by atoms with E-state index < -0.39 is 0 Å². The zero-order valence-electron chi connectivity index (χ0n) is 13.8. The lowest BCUT2D eigenvalue weighted by molar-refractivity contribution is 0.585. The van der Waals surface area contributed by atoms with Crippen LogP contribution in [0.4, 0.5) is 11.5 Å². The van der Waals surface area contributed by atoms with Crippen LogP contribution in [0.3, 0.4) is 0 Å². The summed E-state index contributed by atoms with van der Waals surface area (Å²) in [6.07, 6.45) is 5.91. The summed E-state index contributed by atoms with van der Waals surface area (Å²) in [5.41, 5.74) is 4.87. The minimum Gasteiger partial charge on any atom is -0.464 e. The Balaban J connectivity index is 1.68.